The number of phenolic OH excluding ortho intramolecular Hbond substituents is 1. The molecule has 0 saturated carbocycles. The number of benzene rings is 2. The maximum absolute atomic E-state index is 12.6. The molecule has 0 aliphatic carbocycles. The standard InChI is InChI=1S/C19H16ClN3O4/c20-16-4-2-1-3-13(16)11-22-10-9-18(26)23(19(22)27)12-17(25)21-14-5-7-15(24)8-6-14/h1-10,24H,11-12H2,(H,21,25). The molecule has 2 aromatic carbocycles. The van der Waals surface area contributed by atoms with Gasteiger partial charge in [-0.15, -0.1) is 0 Å². The quantitative estimate of drug-likeness (QED) is 0.657. The first-order valence-corrected chi connectivity index (χ1v) is 8.44. The molecule has 0 aliphatic rings. The smallest absolute Gasteiger partial charge is 0.331 e. The van der Waals surface area contributed by atoms with E-state index in [4.69, 9.17) is 11.6 Å². The molecule has 0 atom stereocenters. The predicted molar refractivity (Wildman–Crippen MR) is 102 cm³/mol. The van der Waals surface area contributed by atoms with E-state index >= 15 is 0 Å². The highest BCUT2D eigenvalue weighted by Gasteiger charge is 2.11. The van der Waals surface area contributed by atoms with E-state index in [9.17, 15) is 19.5 Å². The van der Waals surface area contributed by atoms with Crippen molar-refractivity contribution in [1.29, 1.82) is 0 Å². The topological polar surface area (TPSA) is 93.3 Å². The predicted octanol–water partition coefficient (Wildman–Crippen LogP) is 2.06. The van der Waals surface area contributed by atoms with E-state index in [1.54, 1.807) is 24.3 Å². The number of hydrogen-bond acceptors (Lipinski definition) is 4. The molecule has 0 fully saturated rings. The molecule has 0 spiro atoms. The summed E-state index contributed by atoms with van der Waals surface area (Å²) < 4.78 is 2.17. The summed E-state index contributed by atoms with van der Waals surface area (Å²) in [5, 5.41) is 12.3. The molecule has 8 heteroatoms. The van der Waals surface area contributed by atoms with Gasteiger partial charge in [0.15, 0.2) is 0 Å². The van der Waals surface area contributed by atoms with Crippen molar-refractivity contribution in [2.45, 2.75) is 13.1 Å². The van der Waals surface area contributed by atoms with Crippen molar-refractivity contribution in [3.05, 3.63) is 92.2 Å². The first-order chi connectivity index (χ1) is 12.9. The van der Waals surface area contributed by atoms with Crippen LogP contribution in [0.3, 0.4) is 0 Å². The Morgan fingerprint density at radius 3 is 2.44 bits per heavy atom. The Morgan fingerprint density at radius 1 is 1.04 bits per heavy atom. The van der Waals surface area contributed by atoms with E-state index in [0.29, 0.717) is 10.7 Å². The monoisotopic (exact) mass is 385 g/mol. The second-order valence-electron chi connectivity index (χ2n) is 5.84. The van der Waals surface area contributed by atoms with E-state index in [1.807, 2.05) is 0 Å². The lowest BCUT2D eigenvalue weighted by molar-refractivity contribution is -0.116. The summed E-state index contributed by atoms with van der Waals surface area (Å²) in [5.74, 6) is -0.467. The largest absolute Gasteiger partial charge is 0.508 e. The zero-order valence-electron chi connectivity index (χ0n) is 14.1. The van der Waals surface area contributed by atoms with Gasteiger partial charge in [0.05, 0.1) is 6.54 Å². The van der Waals surface area contributed by atoms with Crippen LogP contribution in [0.4, 0.5) is 5.69 Å². The van der Waals surface area contributed by atoms with Crippen LogP contribution in [0.2, 0.25) is 5.02 Å². The fraction of sp³-hybridized carbons (Fsp3) is 0.105. The highest BCUT2D eigenvalue weighted by Crippen LogP contribution is 2.15. The van der Waals surface area contributed by atoms with E-state index in [0.717, 1.165) is 10.1 Å². The Morgan fingerprint density at radius 2 is 1.74 bits per heavy atom. The van der Waals surface area contributed by atoms with E-state index in [-0.39, 0.29) is 12.3 Å². The molecular weight excluding hydrogens is 370 g/mol. The molecule has 7 nitrogen and oxygen atoms in total. The Hall–Kier alpha value is -3.32. The van der Waals surface area contributed by atoms with Gasteiger partial charge in [0.2, 0.25) is 5.91 Å². The van der Waals surface area contributed by atoms with Crippen molar-refractivity contribution in [1.82, 2.24) is 9.13 Å². The molecule has 27 heavy (non-hydrogen) atoms. The first kappa shape index (κ1) is 18.5. The molecule has 0 bridgehead atoms. The first-order valence-electron chi connectivity index (χ1n) is 8.06. The lowest BCUT2D eigenvalue weighted by Crippen LogP contribution is -2.41. The second kappa shape index (κ2) is 7.92. The zero-order valence-corrected chi connectivity index (χ0v) is 14.9. The summed E-state index contributed by atoms with van der Waals surface area (Å²) in [6.07, 6.45) is 1.38. The van der Waals surface area contributed by atoms with Crippen molar-refractivity contribution in [2.24, 2.45) is 0 Å². The molecule has 1 heterocycles. The average molecular weight is 386 g/mol. The van der Waals surface area contributed by atoms with Crippen LogP contribution in [-0.4, -0.2) is 20.1 Å². The molecule has 0 saturated heterocycles. The lowest BCUT2D eigenvalue weighted by Gasteiger charge is -2.11. The molecule has 2 N–H and O–H groups in total. The third kappa shape index (κ3) is 4.45. The van der Waals surface area contributed by atoms with Crippen molar-refractivity contribution < 1.29 is 9.90 Å². The Kier molecular flexibility index (Phi) is 5.42. The van der Waals surface area contributed by atoms with Crippen molar-refractivity contribution in [3.8, 4) is 5.75 Å². The van der Waals surface area contributed by atoms with Crippen molar-refractivity contribution >= 4 is 23.2 Å². The number of nitrogens with one attached hydrogen (secondary N) is 1. The summed E-state index contributed by atoms with van der Waals surface area (Å²) in [6.45, 7) is -0.250. The maximum atomic E-state index is 12.6. The molecule has 0 radical (unpaired) electrons. The number of amides is 1. The van der Waals surface area contributed by atoms with Crippen LogP contribution in [0.25, 0.3) is 0 Å². The summed E-state index contributed by atoms with van der Waals surface area (Å²) in [4.78, 5) is 36.9. The Labute approximate surface area is 159 Å². The van der Waals surface area contributed by atoms with Crippen LogP contribution < -0.4 is 16.6 Å². The van der Waals surface area contributed by atoms with Crippen molar-refractivity contribution in [3.63, 3.8) is 0 Å². The van der Waals surface area contributed by atoms with Crippen LogP contribution in [0.15, 0.2) is 70.4 Å². The minimum atomic E-state index is -0.608. The van der Waals surface area contributed by atoms with Gasteiger partial charge in [-0.2, -0.15) is 0 Å². The number of anilines is 1. The number of hydrogen-bond donors (Lipinski definition) is 2. The molecule has 3 rings (SSSR count). The van der Waals surface area contributed by atoms with Gasteiger partial charge in [0.1, 0.15) is 12.3 Å². The van der Waals surface area contributed by atoms with E-state index in [1.165, 1.54) is 41.1 Å². The average Bonchev–Trinajstić information content (AvgIpc) is 2.64. The van der Waals surface area contributed by atoms with Gasteiger partial charge in [-0.3, -0.25) is 18.7 Å². The summed E-state index contributed by atoms with van der Waals surface area (Å²) in [5.41, 5.74) is -0.0160. The van der Waals surface area contributed by atoms with Gasteiger partial charge in [0.25, 0.3) is 5.56 Å². The fourth-order valence-corrected chi connectivity index (χ4v) is 2.72. The van der Waals surface area contributed by atoms with Crippen molar-refractivity contribution in [2.75, 3.05) is 5.32 Å². The van der Waals surface area contributed by atoms with Gasteiger partial charge in [-0.05, 0) is 35.9 Å². The van der Waals surface area contributed by atoms with Crippen LogP contribution in [0, 0.1) is 0 Å². The van der Waals surface area contributed by atoms with Crippen LogP contribution in [-0.2, 0) is 17.9 Å². The second-order valence-corrected chi connectivity index (χ2v) is 6.24. The maximum Gasteiger partial charge on any atom is 0.331 e. The lowest BCUT2D eigenvalue weighted by atomic mass is 10.2. The van der Waals surface area contributed by atoms with Gasteiger partial charge >= 0.3 is 5.69 Å². The summed E-state index contributed by atoms with van der Waals surface area (Å²) in [6, 6.07) is 14.2. The third-order valence-electron chi connectivity index (χ3n) is 3.89. The Balaban J connectivity index is 1.82. The number of aromatic hydroxyl groups is 1. The number of aromatic nitrogens is 2. The van der Waals surface area contributed by atoms with Gasteiger partial charge in [0, 0.05) is 23.0 Å². The van der Waals surface area contributed by atoms with Crippen LogP contribution in [0.5, 0.6) is 5.75 Å². The zero-order chi connectivity index (χ0) is 19.4. The van der Waals surface area contributed by atoms with Crippen LogP contribution in [0.1, 0.15) is 5.56 Å². The molecule has 3 aromatic rings. The fourth-order valence-electron chi connectivity index (χ4n) is 2.52. The molecule has 0 aliphatic heterocycles. The molecule has 138 valence electrons. The van der Waals surface area contributed by atoms with Gasteiger partial charge < -0.3 is 10.4 Å². The van der Waals surface area contributed by atoms with Gasteiger partial charge in [-0.25, -0.2) is 4.79 Å². The number of carbonyl (C=O) groups is 1. The third-order valence-corrected chi connectivity index (χ3v) is 4.26. The number of carbonyl (C=O) groups excluding carboxylic acids is 1. The number of phenols is 1. The molecular formula is C19H16ClN3O4. The molecule has 1 amide bonds. The normalized spacial score (nSPS) is 10.6. The van der Waals surface area contributed by atoms with E-state index < -0.39 is 23.7 Å². The SMILES string of the molecule is O=C(Cn1c(=O)ccn(Cc2ccccc2Cl)c1=O)Nc1ccc(O)cc1. The highest BCUT2D eigenvalue weighted by molar-refractivity contribution is 6.31. The Bertz CT molecular complexity index is 1090. The number of halogens is 1. The molecule has 1 aromatic heterocycles. The highest BCUT2D eigenvalue weighted by atomic mass is 35.5. The van der Waals surface area contributed by atoms with Crippen LogP contribution >= 0.6 is 11.6 Å². The molecule has 0 unspecified atom stereocenters. The van der Waals surface area contributed by atoms with Gasteiger partial charge in [-0.1, -0.05) is 29.8 Å². The summed E-state index contributed by atoms with van der Waals surface area (Å²) in [7, 11) is 0. The minimum absolute atomic E-state index is 0.0646. The minimum Gasteiger partial charge on any atom is -0.508 e. The van der Waals surface area contributed by atoms with E-state index in [2.05, 4.69) is 5.32 Å². The number of rotatable bonds is 5. The summed E-state index contributed by atoms with van der Waals surface area (Å²) >= 11 is 6.12. The number of nitrogens with zero attached hydrogens (tertiary/aromatic N) is 2.